The van der Waals surface area contributed by atoms with Gasteiger partial charge in [-0.3, -0.25) is 4.79 Å². The summed E-state index contributed by atoms with van der Waals surface area (Å²) in [4.78, 5) is 12.4. The molecule has 1 aromatic carbocycles. The van der Waals surface area contributed by atoms with Crippen molar-refractivity contribution in [3.63, 3.8) is 0 Å². The van der Waals surface area contributed by atoms with Crippen LogP contribution in [0.2, 0.25) is 0 Å². The standard InChI is InChI=1S/C18H27NO4/c1-4-22-18(20)17-13(2)19-9-8-16(17)14-6-5-7-15(12-14)23-11-10-21-3/h5-7,12-13,16-17,19H,4,8-11H2,1-3H3/t13-,16+,17+/m1/s1. The number of methoxy groups -OCH3 is 1. The third kappa shape index (κ3) is 4.69. The minimum atomic E-state index is -0.169. The maximum absolute atomic E-state index is 12.4. The molecule has 1 aromatic rings. The maximum atomic E-state index is 12.4. The van der Waals surface area contributed by atoms with Crippen molar-refractivity contribution in [1.82, 2.24) is 5.32 Å². The van der Waals surface area contributed by atoms with Gasteiger partial charge in [0, 0.05) is 19.1 Å². The first-order valence-electron chi connectivity index (χ1n) is 8.29. The molecule has 2 rings (SSSR count). The SMILES string of the molecule is CCOC(=O)[C@H]1[C@@H](C)NCC[C@H]1c1cccc(OCCOC)c1. The largest absolute Gasteiger partial charge is 0.491 e. The van der Waals surface area contributed by atoms with Crippen LogP contribution in [-0.2, 0) is 14.3 Å². The predicted octanol–water partition coefficient (Wildman–Crippen LogP) is 2.36. The van der Waals surface area contributed by atoms with Gasteiger partial charge in [0.05, 0.1) is 19.1 Å². The third-order valence-electron chi connectivity index (χ3n) is 4.30. The van der Waals surface area contributed by atoms with Crippen LogP contribution in [0.5, 0.6) is 5.75 Å². The lowest BCUT2D eigenvalue weighted by atomic mass is 9.77. The van der Waals surface area contributed by atoms with Gasteiger partial charge in [-0.25, -0.2) is 0 Å². The summed E-state index contributed by atoms with van der Waals surface area (Å²) in [5.41, 5.74) is 1.13. The van der Waals surface area contributed by atoms with Gasteiger partial charge in [0.15, 0.2) is 0 Å². The molecule has 5 heteroatoms. The smallest absolute Gasteiger partial charge is 0.311 e. The Morgan fingerprint density at radius 2 is 2.17 bits per heavy atom. The van der Waals surface area contributed by atoms with Gasteiger partial charge < -0.3 is 19.5 Å². The van der Waals surface area contributed by atoms with E-state index in [1.807, 2.05) is 32.0 Å². The second-order valence-electron chi connectivity index (χ2n) is 5.83. The first-order chi connectivity index (χ1) is 11.2. The molecule has 1 fully saturated rings. The average molecular weight is 321 g/mol. The van der Waals surface area contributed by atoms with Crippen molar-refractivity contribution in [3.05, 3.63) is 29.8 Å². The van der Waals surface area contributed by atoms with Crippen LogP contribution in [0.25, 0.3) is 0 Å². The molecule has 5 nitrogen and oxygen atoms in total. The normalized spacial score (nSPS) is 24.2. The Morgan fingerprint density at radius 1 is 1.35 bits per heavy atom. The minimum absolute atomic E-state index is 0.103. The van der Waals surface area contributed by atoms with E-state index in [0.29, 0.717) is 19.8 Å². The van der Waals surface area contributed by atoms with Gasteiger partial charge in [-0.15, -0.1) is 0 Å². The molecule has 0 spiro atoms. The highest BCUT2D eigenvalue weighted by atomic mass is 16.5. The molecule has 0 aromatic heterocycles. The zero-order valence-corrected chi connectivity index (χ0v) is 14.2. The summed E-state index contributed by atoms with van der Waals surface area (Å²) in [6.07, 6.45) is 0.912. The molecule has 1 aliphatic rings. The van der Waals surface area contributed by atoms with E-state index >= 15 is 0 Å². The molecule has 1 aliphatic heterocycles. The fourth-order valence-electron chi connectivity index (χ4n) is 3.18. The highest BCUT2D eigenvalue weighted by Crippen LogP contribution is 2.35. The predicted molar refractivity (Wildman–Crippen MR) is 88.8 cm³/mol. The van der Waals surface area contributed by atoms with E-state index in [4.69, 9.17) is 14.2 Å². The van der Waals surface area contributed by atoms with E-state index < -0.39 is 0 Å². The molecule has 0 saturated carbocycles. The number of nitrogens with one attached hydrogen (secondary N) is 1. The Balaban J connectivity index is 2.16. The number of carbonyl (C=O) groups is 1. The molecule has 23 heavy (non-hydrogen) atoms. The Hall–Kier alpha value is -1.59. The molecule has 0 amide bonds. The molecule has 0 aliphatic carbocycles. The second-order valence-corrected chi connectivity index (χ2v) is 5.83. The summed E-state index contributed by atoms with van der Waals surface area (Å²) in [6.45, 7) is 6.28. The van der Waals surface area contributed by atoms with Crippen molar-refractivity contribution in [2.24, 2.45) is 5.92 Å². The molecular formula is C18H27NO4. The number of carbonyl (C=O) groups excluding carboxylic acids is 1. The highest BCUT2D eigenvalue weighted by molar-refractivity contribution is 5.75. The van der Waals surface area contributed by atoms with Crippen LogP contribution in [0.3, 0.4) is 0 Å². The van der Waals surface area contributed by atoms with Crippen LogP contribution in [0, 0.1) is 5.92 Å². The number of hydrogen-bond donors (Lipinski definition) is 1. The van der Waals surface area contributed by atoms with Crippen LogP contribution >= 0.6 is 0 Å². The van der Waals surface area contributed by atoms with E-state index in [2.05, 4.69) is 11.4 Å². The molecule has 1 heterocycles. The van der Waals surface area contributed by atoms with Crippen LogP contribution in [0.15, 0.2) is 24.3 Å². The van der Waals surface area contributed by atoms with Crippen molar-refractivity contribution in [2.75, 3.05) is 33.5 Å². The van der Waals surface area contributed by atoms with Crippen LogP contribution < -0.4 is 10.1 Å². The van der Waals surface area contributed by atoms with Gasteiger partial charge in [-0.2, -0.15) is 0 Å². The summed E-state index contributed by atoms with van der Waals surface area (Å²) >= 11 is 0. The Morgan fingerprint density at radius 3 is 2.91 bits per heavy atom. The third-order valence-corrected chi connectivity index (χ3v) is 4.30. The van der Waals surface area contributed by atoms with Gasteiger partial charge in [-0.05, 0) is 44.5 Å². The fraction of sp³-hybridized carbons (Fsp3) is 0.611. The van der Waals surface area contributed by atoms with E-state index in [9.17, 15) is 4.79 Å². The Labute approximate surface area is 138 Å². The van der Waals surface area contributed by atoms with Gasteiger partial charge in [-0.1, -0.05) is 12.1 Å². The lowest BCUT2D eigenvalue weighted by Gasteiger charge is -2.36. The zero-order chi connectivity index (χ0) is 16.7. The van der Waals surface area contributed by atoms with Crippen LogP contribution in [0.4, 0.5) is 0 Å². The number of esters is 1. The Kier molecular flexibility index (Phi) is 6.86. The summed E-state index contributed by atoms with van der Waals surface area (Å²) in [7, 11) is 1.65. The summed E-state index contributed by atoms with van der Waals surface area (Å²) in [5.74, 6) is 0.672. The van der Waals surface area contributed by atoms with E-state index in [0.717, 1.165) is 24.3 Å². The quantitative estimate of drug-likeness (QED) is 0.617. The van der Waals surface area contributed by atoms with Gasteiger partial charge in [0.1, 0.15) is 12.4 Å². The van der Waals surface area contributed by atoms with Crippen LogP contribution in [-0.4, -0.2) is 45.5 Å². The summed E-state index contributed by atoms with van der Waals surface area (Å²) in [6, 6.07) is 8.11. The highest BCUT2D eigenvalue weighted by Gasteiger charge is 2.38. The molecule has 0 radical (unpaired) electrons. The average Bonchev–Trinajstić information content (AvgIpc) is 2.55. The van der Waals surface area contributed by atoms with Crippen molar-refractivity contribution < 1.29 is 19.0 Å². The Bertz CT molecular complexity index is 506. The first-order valence-corrected chi connectivity index (χ1v) is 8.29. The lowest BCUT2D eigenvalue weighted by Crippen LogP contribution is -2.47. The molecule has 0 bridgehead atoms. The van der Waals surface area contributed by atoms with Gasteiger partial charge in [0.25, 0.3) is 0 Å². The first kappa shape index (κ1) is 17.8. The summed E-state index contributed by atoms with van der Waals surface area (Å²) in [5, 5.41) is 3.38. The molecule has 1 saturated heterocycles. The van der Waals surface area contributed by atoms with E-state index in [1.165, 1.54) is 0 Å². The summed E-state index contributed by atoms with van der Waals surface area (Å²) < 4.78 is 16.0. The van der Waals surface area contributed by atoms with Gasteiger partial charge >= 0.3 is 5.97 Å². The molecule has 128 valence electrons. The van der Waals surface area contributed by atoms with Crippen molar-refractivity contribution in [3.8, 4) is 5.75 Å². The number of rotatable bonds is 7. The van der Waals surface area contributed by atoms with Crippen molar-refractivity contribution in [1.29, 1.82) is 0 Å². The van der Waals surface area contributed by atoms with E-state index in [1.54, 1.807) is 7.11 Å². The second kappa shape index (κ2) is 8.89. The van der Waals surface area contributed by atoms with E-state index in [-0.39, 0.29) is 23.8 Å². The minimum Gasteiger partial charge on any atom is -0.491 e. The van der Waals surface area contributed by atoms with Crippen molar-refractivity contribution in [2.45, 2.75) is 32.2 Å². The number of piperidine rings is 1. The number of hydrogen-bond acceptors (Lipinski definition) is 5. The fourth-order valence-corrected chi connectivity index (χ4v) is 3.18. The number of ether oxygens (including phenoxy) is 3. The monoisotopic (exact) mass is 321 g/mol. The van der Waals surface area contributed by atoms with Gasteiger partial charge in [0.2, 0.25) is 0 Å². The van der Waals surface area contributed by atoms with Crippen LogP contribution in [0.1, 0.15) is 31.7 Å². The molecule has 1 N–H and O–H groups in total. The molecule has 0 unspecified atom stereocenters. The molecule has 3 atom stereocenters. The van der Waals surface area contributed by atoms with Crippen molar-refractivity contribution >= 4 is 5.97 Å². The zero-order valence-electron chi connectivity index (χ0n) is 14.2. The topological polar surface area (TPSA) is 56.8 Å². The molecular weight excluding hydrogens is 294 g/mol. The number of benzene rings is 1. The maximum Gasteiger partial charge on any atom is 0.311 e. The lowest BCUT2D eigenvalue weighted by molar-refractivity contribution is -0.150.